The zero-order valence-corrected chi connectivity index (χ0v) is 17.3. The first kappa shape index (κ1) is 19.2. The molecule has 150 valence electrons. The second-order valence-electron chi connectivity index (χ2n) is 7.95. The van der Waals surface area contributed by atoms with Gasteiger partial charge in [-0.2, -0.15) is 0 Å². The third kappa shape index (κ3) is 4.34. The third-order valence-corrected chi connectivity index (χ3v) is 8.71. The smallest absolute Gasteiger partial charge is 0.233 e. The van der Waals surface area contributed by atoms with Crippen molar-refractivity contribution >= 4 is 27.5 Å². The number of rotatable bonds is 5. The van der Waals surface area contributed by atoms with Gasteiger partial charge in [-0.1, -0.05) is 31.0 Å². The van der Waals surface area contributed by atoms with Gasteiger partial charge in [0.25, 0.3) is 0 Å². The van der Waals surface area contributed by atoms with Crippen LogP contribution in [0.15, 0.2) is 5.16 Å². The van der Waals surface area contributed by atoms with Crippen LogP contribution in [0.3, 0.4) is 0 Å². The summed E-state index contributed by atoms with van der Waals surface area (Å²) in [7, 11) is -3.00. The SMILES string of the molecule is O=C(CSc1nnc2n1CCCCC2)N(C1CCCC1)[C@H]1CCS(=O)(=O)C1. The molecule has 3 aliphatic rings. The Morgan fingerprint density at radius 3 is 2.63 bits per heavy atom. The van der Waals surface area contributed by atoms with E-state index in [0.29, 0.717) is 12.2 Å². The van der Waals surface area contributed by atoms with Crippen LogP contribution in [0.5, 0.6) is 0 Å². The van der Waals surface area contributed by atoms with Gasteiger partial charge in [0, 0.05) is 25.0 Å². The van der Waals surface area contributed by atoms with Crippen LogP contribution in [0.25, 0.3) is 0 Å². The Labute approximate surface area is 165 Å². The van der Waals surface area contributed by atoms with Crippen LogP contribution in [0.4, 0.5) is 0 Å². The summed E-state index contributed by atoms with van der Waals surface area (Å²) >= 11 is 1.45. The van der Waals surface area contributed by atoms with Gasteiger partial charge in [0.05, 0.1) is 17.3 Å². The number of hydrogen-bond acceptors (Lipinski definition) is 6. The van der Waals surface area contributed by atoms with Gasteiger partial charge in [-0.05, 0) is 32.1 Å². The third-order valence-electron chi connectivity index (χ3n) is 6.01. The summed E-state index contributed by atoms with van der Waals surface area (Å²) < 4.78 is 26.1. The monoisotopic (exact) mass is 412 g/mol. The molecule has 0 spiro atoms. The highest BCUT2D eigenvalue weighted by Crippen LogP contribution is 2.30. The van der Waals surface area contributed by atoms with Gasteiger partial charge in [-0.3, -0.25) is 4.79 Å². The molecule has 0 unspecified atom stereocenters. The summed E-state index contributed by atoms with van der Waals surface area (Å²) in [5.74, 6) is 1.72. The first-order chi connectivity index (χ1) is 13.0. The molecule has 1 aromatic heterocycles. The Kier molecular flexibility index (Phi) is 5.78. The Balaban J connectivity index is 1.45. The van der Waals surface area contributed by atoms with Crippen molar-refractivity contribution in [1.82, 2.24) is 19.7 Å². The van der Waals surface area contributed by atoms with Gasteiger partial charge in [0.2, 0.25) is 5.91 Å². The molecule has 1 aliphatic carbocycles. The average molecular weight is 413 g/mol. The topological polar surface area (TPSA) is 85.2 Å². The first-order valence-corrected chi connectivity index (χ1v) is 12.9. The summed E-state index contributed by atoms with van der Waals surface area (Å²) in [5.41, 5.74) is 0. The first-order valence-electron chi connectivity index (χ1n) is 10.1. The number of aryl methyl sites for hydroxylation is 1. The van der Waals surface area contributed by atoms with Crippen LogP contribution in [0.2, 0.25) is 0 Å². The molecule has 9 heteroatoms. The summed E-state index contributed by atoms with van der Waals surface area (Å²) in [6.45, 7) is 0.923. The number of fused-ring (bicyclic) bond motifs is 1. The van der Waals surface area contributed by atoms with Crippen molar-refractivity contribution in [3.63, 3.8) is 0 Å². The van der Waals surface area contributed by atoms with E-state index in [9.17, 15) is 13.2 Å². The van der Waals surface area contributed by atoms with Crippen LogP contribution in [-0.2, 0) is 27.6 Å². The zero-order valence-electron chi connectivity index (χ0n) is 15.7. The fourth-order valence-electron chi connectivity index (χ4n) is 4.65. The fraction of sp³-hybridized carbons (Fsp3) is 0.833. The lowest BCUT2D eigenvalue weighted by Crippen LogP contribution is -2.47. The van der Waals surface area contributed by atoms with Gasteiger partial charge in [0.15, 0.2) is 15.0 Å². The predicted molar refractivity (Wildman–Crippen MR) is 104 cm³/mol. The minimum Gasteiger partial charge on any atom is -0.335 e. The van der Waals surface area contributed by atoms with E-state index >= 15 is 0 Å². The van der Waals surface area contributed by atoms with E-state index in [-0.39, 0.29) is 29.5 Å². The minimum atomic E-state index is -3.00. The lowest BCUT2D eigenvalue weighted by Gasteiger charge is -2.34. The van der Waals surface area contributed by atoms with Crippen LogP contribution in [0.1, 0.15) is 57.2 Å². The largest absolute Gasteiger partial charge is 0.335 e. The fourth-order valence-corrected chi connectivity index (χ4v) is 7.21. The Morgan fingerprint density at radius 1 is 1.07 bits per heavy atom. The van der Waals surface area contributed by atoms with Crippen molar-refractivity contribution in [2.75, 3.05) is 17.3 Å². The summed E-state index contributed by atoms with van der Waals surface area (Å²) in [6, 6.07) is 0.0497. The quantitative estimate of drug-likeness (QED) is 0.688. The van der Waals surface area contributed by atoms with Gasteiger partial charge in [-0.25, -0.2) is 8.42 Å². The van der Waals surface area contributed by atoms with E-state index in [2.05, 4.69) is 14.8 Å². The average Bonchev–Trinajstić information content (AvgIpc) is 3.32. The van der Waals surface area contributed by atoms with E-state index in [1.165, 1.54) is 18.2 Å². The second kappa shape index (κ2) is 8.11. The number of aromatic nitrogens is 3. The van der Waals surface area contributed by atoms with Crippen LogP contribution in [0, 0.1) is 0 Å². The van der Waals surface area contributed by atoms with Crippen LogP contribution < -0.4 is 0 Å². The Morgan fingerprint density at radius 2 is 1.89 bits per heavy atom. The van der Waals surface area contributed by atoms with E-state index in [0.717, 1.165) is 62.5 Å². The molecule has 3 heterocycles. The molecule has 4 rings (SSSR count). The molecule has 1 saturated heterocycles. The van der Waals surface area contributed by atoms with Gasteiger partial charge >= 0.3 is 0 Å². The van der Waals surface area contributed by atoms with Gasteiger partial charge in [-0.15, -0.1) is 10.2 Å². The predicted octanol–water partition coefficient (Wildman–Crippen LogP) is 2.05. The number of carbonyl (C=O) groups excluding carboxylic acids is 1. The molecule has 7 nitrogen and oxygen atoms in total. The molecular formula is C18H28N4O3S2. The maximum atomic E-state index is 13.1. The van der Waals surface area contributed by atoms with Crippen LogP contribution >= 0.6 is 11.8 Å². The summed E-state index contributed by atoms with van der Waals surface area (Å²) in [4.78, 5) is 15.0. The molecule has 1 aromatic rings. The Bertz CT molecular complexity index is 787. The molecule has 1 atom stereocenters. The molecule has 2 aliphatic heterocycles. The van der Waals surface area contributed by atoms with Crippen molar-refractivity contribution in [2.45, 2.75) is 81.6 Å². The summed E-state index contributed by atoms with van der Waals surface area (Å²) in [5, 5.41) is 9.42. The number of hydrogen-bond donors (Lipinski definition) is 0. The molecule has 1 amide bonds. The molecule has 0 bridgehead atoms. The van der Waals surface area contributed by atoms with Crippen molar-refractivity contribution in [1.29, 1.82) is 0 Å². The Hall–Kier alpha value is -1.09. The second-order valence-corrected chi connectivity index (χ2v) is 11.1. The van der Waals surface area contributed by atoms with E-state index < -0.39 is 9.84 Å². The van der Waals surface area contributed by atoms with Crippen LogP contribution in [-0.4, -0.2) is 63.3 Å². The molecule has 0 N–H and O–H groups in total. The van der Waals surface area contributed by atoms with Gasteiger partial charge < -0.3 is 9.47 Å². The maximum absolute atomic E-state index is 13.1. The minimum absolute atomic E-state index is 0.0555. The van der Waals surface area contributed by atoms with E-state index in [4.69, 9.17) is 0 Å². The number of carbonyl (C=O) groups is 1. The van der Waals surface area contributed by atoms with Gasteiger partial charge in [0.1, 0.15) is 5.82 Å². The van der Waals surface area contributed by atoms with Crippen molar-refractivity contribution in [2.24, 2.45) is 0 Å². The molecule has 2 fully saturated rings. The number of nitrogens with zero attached hydrogens (tertiary/aromatic N) is 4. The molecule has 1 saturated carbocycles. The number of amides is 1. The number of thioether (sulfide) groups is 1. The molecule has 27 heavy (non-hydrogen) atoms. The molecule has 0 aromatic carbocycles. The number of sulfone groups is 1. The van der Waals surface area contributed by atoms with Crippen molar-refractivity contribution in [3.05, 3.63) is 5.82 Å². The van der Waals surface area contributed by atoms with E-state index in [1.807, 2.05) is 4.90 Å². The van der Waals surface area contributed by atoms with Crippen molar-refractivity contribution < 1.29 is 13.2 Å². The highest BCUT2D eigenvalue weighted by Gasteiger charge is 2.39. The molecular weight excluding hydrogens is 384 g/mol. The lowest BCUT2D eigenvalue weighted by molar-refractivity contribution is -0.132. The highest BCUT2D eigenvalue weighted by molar-refractivity contribution is 7.99. The zero-order chi connectivity index (χ0) is 18.9. The lowest BCUT2D eigenvalue weighted by atomic mass is 10.1. The standard InChI is InChI=1S/C18H28N4O3S2/c23-17(12-26-18-20-19-16-8-2-1-5-10-21(16)18)22(14-6-3-4-7-14)15-9-11-27(24,25)13-15/h14-15H,1-13H2/t15-/m0/s1. The molecule has 0 radical (unpaired) electrons. The highest BCUT2D eigenvalue weighted by atomic mass is 32.2. The maximum Gasteiger partial charge on any atom is 0.233 e. The van der Waals surface area contributed by atoms with Crippen molar-refractivity contribution in [3.8, 4) is 0 Å². The normalized spacial score (nSPS) is 25.3. The summed E-state index contributed by atoms with van der Waals surface area (Å²) in [6.07, 6.45) is 9.25. The van der Waals surface area contributed by atoms with E-state index in [1.54, 1.807) is 0 Å².